The minimum absolute atomic E-state index is 0.143. The second kappa shape index (κ2) is 13.8. The van der Waals surface area contributed by atoms with Crippen molar-refractivity contribution in [1.29, 1.82) is 0 Å². The molecule has 0 amide bonds. The molecule has 0 fully saturated rings. The average molecular weight is 761 g/mol. The summed E-state index contributed by atoms with van der Waals surface area (Å²) >= 11 is 0. The Hall–Kier alpha value is -3.28. The van der Waals surface area contributed by atoms with Crippen LogP contribution in [0, 0.1) is 0 Å². The van der Waals surface area contributed by atoms with Crippen molar-refractivity contribution in [3.63, 3.8) is 0 Å². The zero-order chi connectivity index (χ0) is 38.2. The van der Waals surface area contributed by atoms with Gasteiger partial charge in [0.05, 0.1) is 19.0 Å². The van der Waals surface area contributed by atoms with Crippen molar-refractivity contribution in [1.82, 2.24) is 15.0 Å². The number of hydrogen-bond donors (Lipinski definition) is 0. The van der Waals surface area contributed by atoms with Crippen LogP contribution in [-0.4, -0.2) is 63.5 Å². The molecule has 2 heterocycles. The Bertz CT molecular complexity index is 1380. The Morgan fingerprint density at radius 2 is 1.12 bits per heavy atom. The molecule has 1 aliphatic rings. The second-order valence-corrected chi connectivity index (χ2v) is 9.98. The molecule has 0 N–H and O–H groups in total. The molecule has 0 radical (unpaired) electrons. The number of nitrogens with zero attached hydrogens (tertiary/aromatic N) is 3. The summed E-state index contributed by atoms with van der Waals surface area (Å²) in [6, 6.07) is 0. The molecule has 1 aliphatic heterocycles. The Kier molecular flexibility index (Phi) is 11.8. The van der Waals surface area contributed by atoms with Crippen LogP contribution in [0.2, 0.25) is 0 Å². The Balaban J connectivity index is 2.53. The van der Waals surface area contributed by atoms with E-state index in [2.05, 4.69) is 14.8 Å². The van der Waals surface area contributed by atoms with Crippen LogP contribution in [0.3, 0.4) is 0 Å². The summed E-state index contributed by atoms with van der Waals surface area (Å²) < 4.78 is 280. The molecule has 25 heteroatoms. The predicted octanol–water partition coefficient (Wildman–Crippen LogP) is 10.2. The van der Waals surface area contributed by atoms with Gasteiger partial charge in [-0.3, -0.25) is 0 Å². The second-order valence-electron chi connectivity index (χ2n) is 9.98. The maximum atomic E-state index is 15.8. The highest BCUT2D eigenvalue weighted by Crippen LogP contribution is 2.63. The lowest BCUT2D eigenvalue weighted by atomic mass is 9.93. The first-order valence-electron chi connectivity index (χ1n) is 13.1. The van der Waals surface area contributed by atoms with Crippen LogP contribution in [-0.2, 0) is 10.6 Å². The number of alkyl halides is 16. The fourth-order valence-electron chi connectivity index (χ4n) is 3.71. The molecule has 1 aromatic rings. The summed E-state index contributed by atoms with van der Waals surface area (Å²) in [6.45, 7) is 1.79. The molecule has 0 aromatic carbocycles. The van der Waals surface area contributed by atoms with E-state index in [1.54, 1.807) is 0 Å². The van der Waals surface area contributed by atoms with Crippen LogP contribution in [0.25, 0.3) is 0 Å². The molecule has 0 spiro atoms. The molecular formula is C24H19F20N3O2. The van der Waals surface area contributed by atoms with Crippen LogP contribution < -0.4 is 4.74 Å². The molecule has 1 unspecified atom stereocenters. The maximum absolute atomic E-state index is 15.8. The summed E-state index contributed by atoms with van der Waals surface area (Å²) in [6.07, 6.45) is -11.4. The lowest BCUT2D eigenvalue weighted by Crippen LogP contribution is -2.73. The van der Waals surface area contributed by atoms with Crippen molar-refractivity contribution >= 4 is 0 Å². The summed E-state index contributed by atoms with van der Waals surface area (Å²) in [5.41, 5.74) is -2.10. The zero-order valence-electron chi connectivity index (χ0n) is 23.8. The molecule has 2 rings (SSSR count). The van der Waals surface area contributed by atoms with Gasteiger partial charge in [-0.15, -0.1) is 0 Å². The minimum atomic E-state index is -8.84. The van der Waals surface area contributed by atoms with Gasteiger partial charge in [-0.05, 0) is 6.42 Å². The van der Waals surface area contributed by atoms with Crippen molar-refractivity contribution in [2.45, 2.75) is 93.1 Å². The largest absolute Gasteiger partial charge is 0.477 e. The monoisotopic (exact) mass is 761 g/mol. The van der Waals surface area contributed by atoms with Gasteiger partial charge in [0.25, 0.3) is 5.95 Å². The average Bonchev–Trinajstić information content (AvgIpc) is 3.00. The molecule has 5 nitrogen and oxygen atoms in total. The number of allylic oxidation sites excluding steroid dienone is 2. The molecule has 0 saturated heterocycles. The lowest BCUT2D eigenvalue weighted by Gasteiger charge is -2.43. The van der Waals surface area contributed by atoms with Crippen molar-refractivity contribution in [2.75, 3.05) is 6.61 Å². The quantitative estimate of drug-likeness (QED) is 0.0954. The minimum Gasteiger partial charge on any atom is -0.477 e. The van der Waals surface area contributed by atoms with Crippen molar-refractivity contribution in [3.8, 4) is 5.88 Å². The molecule has 0 saturated carbocycles. The predicted molar refractivity (Wildman–Crippen MR) is 121 cm³/mol. The molecular weight excluding hydrogens is 742 g/mol. The van der Waals surface area contributed by atoms with Gasteiger partial charge in [0.2, 0.25) is 23.4 Å². The van der Waals surface area contributed by atoms with E-state index in [0.717, 1.165) is 25.7 Å². The highest BCUT2D eigenvalue weighted by Gasteiger charge is 2.94. The Morgan fingerprint density at radius 3 is 1.61 bits per heavy atom. The van der Waals surface area contributed by atoms with Gasteiger partial charge >= 0.3 is 47.7 Å². The number of aromatic nitrogens is 2. The van der Waals surface area contributed by atoms with E-state index in [-0.39, 0.29) is 19.0 Å². The first-order valence-corrected chi connectivity index (χ1v) is 13.1. The van der Waals surface area contributed by atoms with Gasteiger partial charge < -0.3 is 4.74 Å². The number of halogens is 20. The van der Waals surface area contributed by atoms with Gasteiger partial charge in [0, 0.05) is 0 Å². The Labute approximate surface area is 260 Å². The number of hydrogen-bond acceptors (Lipinski definition) is 5. The van der Waals surface area contributed by atoms with E-state index in [1.165, 1.54) is 0 Å². The molecule has 1 aromatic heterocycles. The van der Waals surface area contributed by atoms with Crippen LogP contribution in [0.4, 0.5) is 87.8 Å². The third-order valence-electron chi connectivity index (χ3n) is 6.54. The van der Waals surface area contributed by atoms with Gasteiger partial charge in [-0.25, -0.2) is 23.1 Å². The fraction of sp³-hybridized carbons (Fsp3) is 0.667. The van der Waals surface area contributed by atoms with E-state index in [4.69, 9.17) is 4.74 Å². The van der Waals surface area contributed by atoms with E-state index in [9.17, 15) is 83.4 Å². The summed E-state index contributed by atoms with van der Waals surface area (Å²) in [4.78, 5) is 8.67. The van der Waals surface area contributed by atoms with E-state index in [0.29, 0.717) is 12.8 Å². The molecule has 1 atom stereocenters. The van der Waals surface area contributed by atoms with E-state index >= 15 is 4.39 Å². The van der Waals surface area contributed by atoms with Gasteiger partial charge in [0.1, 0.15) is 5.69 Å². The third kappa shape index (κ3) is 6.90. The topological polar surface area (TPSA) is 47.5 Å². The third-order valence-corrected chi connectivity index (χ3v) is 6.54. The SMILES string of the molecule is CCCCCCCCOc1cnc(C2(F)C(F)=C(F)C(F)=C(F)N2OC(F)(F)C(F)(F)C(F)(F)C(F)(F)C(F)(F)C(F)(F)C(F)(F)F)cn1. The summed E-state index contributed by atoms with van der Waals surface area (Å²) in [5, 5.41) is -2.49. The van der Waals surface area contributed by atoms with Crippen molar-refractivity contribution in [2.24, 2.45) is 0 Å². The lowest BCUT2D eigenvalue weighted by molar-refractivity contribution is -0.501. The van der Waals surface area contributed by atoms with Gasteiger partial charge in [0.15, 0.2) is 0 Å². The molecule has 49 heavy (non-hydrogen) atoms. The fourth-order valence-corrected chi connectivity index (χ4v) is 3.71. The standard InChI is InChI=1S/C24H19F20N3O2/c1-2-3-4-5-6-7-8-48-12-10-45-11(9-46-12)17(29)15(27)13(25)14(26)16(28)47(17)49-24(43,44)22(38,39)20(34,35)18(30,31)19(32,33)21(36,37)23(40,41)42/h9-10H,2-8H2,1H3. The molecule has 0 aliphatic carbocycles. The zero-order valence-corrected chi connectivity index (χ0v) is 23.8. The highest BCUT2D eigenvalue weighted by atomic mass is 19.4. The number of unbranched alkanes of at least 4 members (excludes halogenated alkanes) is 5. The van der Waals surface area contributed by atoms with Crippen molar-refractivity contribution < 1.29 is 97.4 Å². The van der Waals surface area contributed by atoms with Crippen LogP contribution in [0.15, 0.2) is 35.8 Å². The maximum Gasteiger partial charge on any atom is 0.460 e. The smallest absolute Gasteiger partial charge is 0.460 e. The van der Waals surface area contributed by atoms with Gasteiger partial charge in [-0.1, -0.05) is 39.0 Å². The number of hydroxylamine groups is 2. The summed E-state index contributed by atoms with van der Waals surface area (Å²) in [7, 11) is 0. The highest BCUT2D eigenvalue weighted by molar-refractivity contribution is 5.37. The van der Waals surface area contributed by atoms with Crippen LogP contribution >= 0.6 is 0 Å². The number of ether oxygens (including phenoxy) is 1. The Morgan fingerprint density at radius 1 is 0.633 bits per heavy atom. The first kappa shape index (κ1) is 41.9. The molecule has 0 bridgehead atoms. The number of rotatable bonds is 16. The first-order chi connectivity index (χ1) is 22.0. The van der Waals surface area contributed by atoms with Crippen LogP contribution in [0.1, 0.15) is 51.1 Å². The van der Waals surface area contributed by atoms with Crippen LogP contribution in [0.5, 0.6) is 5.88 Å². The van der Waals surface area contributed by atoms with Crippen molar-refractivity contribution in [3.05, 3.63) is 41.5 Å². The van der Waals surface area contributed by atoms with E-state index < -0.39 is 87.8 Å². The van der Waals surface area contributed by atoms with E-state index in [1.807, 2.05) is 6.92 Å². The normalized spacial score (nSPS) is 19.2. The van der Waals surface area contributed by atoms with Gasteiger partial charge in [-0.2, -0.15) is 84.5 Å². The summed E-state index contributed by atoms with van der Waals surface area (Å²) in [5.74, 6) is -63.3. The molecule has 282 valence electrons.